The fraction of sp³-hybridized carbons (Fsp3) is 0.438. The van der Waals surface area contributed by atoms with Crippen LogP contribution in [0.1, 0.15) is 36.8 Å². The lowest BCUT2D eigenvalue weighted by Crippen LogP contribution is -2.44. The van der Waals surface area contributed by atoms with Crippen LogP contribution in [0.3, 0.4) is 0 Å². The van der Waals surface area contributed by atoms with Gasteiger partial charge in [-0.1, -0.05) is 24.3 Å². The molecule has 3 amide bonds. The molecule has 0 bridgehead atoms. The van der Waals surface area contributed by atoms with Gasteiger partial charge in [-0.15, -0.1) is 0 Å². The average Bonchev–Trinajstić information content (AvgIpc) is 2.63. The number of carboxylic acid groups (broad SMARTS) is 1. The molecule has 0 aromatic heterocycles. The van der Waals surface area contributed by atoms with Crippen LogP contribution in [-0.2, 0) is 21.5 Å². The molecule has 116 valence electrons. The van der Waals surface area contributed by atoms with Gasteiger partial charge in [0.2, 0.25) is 0 Å². The third kappa shape index (κ3) is 2.24. The molecule has 22 heavy (non-hydrogen) atoms. The second-order valence-electron chi connectivity index (χ2n) is 5.80. The molecule has 1 heterocycles. The minimum atomic E-state index is -1.03. The summed E-state index contributed by atoms with van der Waals surface area (Å²) in [4.78, 5) is 36.8. The third-order valence-electron chi connectivity index (χ3n) is 4.45. The summed E-state index contributed by atoms with van der Waals surface area (Å²) in [6, 6.07) is 7.18. The minimum Gasteiger partial charge on any atom is -0.481 e. The molecule has 1 spiro atoms. The van der Waals surface area contributed by atoms with Crippen molar-refractivity contribution in [3.63, 3.8) is 0 Å². The van der Waals surface area contributed by atoms with E-state index in [2.05, 4.69) is 5.32 Å². The van der Waals surface area contributed by atoms with Gasteiger partial charge >= 0.3 is 12.0 Å². The van der Waals surface area contributed by atoms with Gasteiger partial charge in [0.1, 0.15) is 5.54 Å². The van der Waals surface area contributed by atoms with Gasteiger partial charge in [0.15, 0.2) is 0 Å². The molecule has 1 aromatic rings. The van der Waals surface area contributed by atoms with Crippen LogP contribution in [0, 0.1) is 0 Å². The summed E-state index contributed by atoms with van der Waals surface area (Å²) in [6.07, 6.45) is 3.01. The number of nitrogens with one attached hydrogen (secondary N) is 1. The zero-order valence-electron chi connectivity index (χ0n) is 12.2. The number of carbonyl (C=O) groups is 3. The molecule has 0 saturated carbocycles. The van der Waals surface area contributed by atoms with Crippen LogP contribution < -0.4 is 5.32 Å². The Morgan fingerprint density at radius 1 is 1.27 bits per heavy atom. The molecular formula is C16H18N2O4. The molecule has 6 heteroatoms. The predicted molar refractivity (Wildman–Crippen MR) is 78.2 cm³/mol. The Labute approximate surface area is 128 Å². The normalized spacial score (nSPS) is 24.1. The number of nitrogens with zero attached hydrogens (tertiary/aromatic N) is 1. The summed E-state index contributed by atoms with van der Waals surface area (Å²) in [6.45, 7) is -0.0933. The van der Waals surface area contributed by atoms with Gasteiger partial charge in [-0.25, -0.2) is 4.79 Å². The zero-order chi connectivity index (χ0) is 15.7. The summed E-state index contributed by atoms with van der Waals surface area (Å²) in [5.41, 5.74) is 0.903. The lowest BCUT2D eigenvalue weighted by molar-refractivity contribution is -0.138. The van der Waals surface area contributed by atoms with Crippen LogP contribution in [0.25, 0.3) is 0 Å². The molecule has 0 unspecified atom stereocenters. The van der Waals surface area contributed by atoms with Crippen molar-refractivity contribution in [3.8, 4) is 0 Å². The molecule has 1 aromatic carbocycles. The fourth-order valence-corrected chi connectivity index (χ4v) is 3.38. The number of urea groups is 1. The van der Waals surface area contributed by atoms with Gasteiger partial charge in [0.05, 0.1) is 6.42 Å². The van der Waals surface area contributed by atoms with Gasteiger partial charge in [-0.2, -0.15) is 0 Å². The topological polar surface area (TPSA) is 86.7 Å². The number of amides is 3. The highest BCUT2D eigenvalue weighted by atomic mass is 16.4. The first-order valence-electron chi connectivity index (χ1n) is 7.49. The molecule has 1 saturated heterocycles. The van der Waals surface area contributed by atoms with Crippen LogP contribution in [-0.4, -0.2) is 34.5 Å². The van der Waals surface area contributed by atoms with E-state index in [9.17, 15) is 14.4 Å². The van der Waals surface area contributed by atoms with Crippen LogP contribution in [0.5, 0.6) is 0 Å². The van der Waals surface area contributed by atoms with Gasteiger partial charge in [-0.3, -0.25) is 14.5 Å². The maximum Gasteiger partial charge on any atom is 0.325 e. The standard InChI is InChI=1S/C16H18N2O4/c19-13(20)8-10-18-14(21)16(17-15(18)22)9-4-3-6-11-5-1-2-7-12(11)16/h1-2,5,7H,3-4,6,8-10H2,(H,17,22)(H,19,20)/t16-/m0/s1. The van der Waals surface area contributed by atoms with Crippen molar-refractivity contribution >= 4 is 17.9 Å². The summed E-state index contributed by atoms with van der Waals surface area (Å²) < 4.78 is 0. The highest BCUT2D eigenvalue weighted by Gasteiger charge is 2.53. The quantitative estimate of drug-likeness (QED) is 0.831. The Morgan fingerprint density at radius 3 is 2.82 bits per heavy atom. The van der Waals surface area contributed by atoms with E-state index in [1.807, 2.05) is 24.3 Å². The lowest BCUT2D eigenvalue weighted by Gasteiger charge is -2.27. The van der Waals surface area contributed by atoms with Crippen LogP contribution in [0.15, 0.2) is 24.3 Å². The first-order chi connectivity index (χ1) is 10.5. The maximum atomic E-state index is 12.9. The SMILES string of the molecule is O=C(O)CCN1C(=O)N[C@]2(CCCCc3ccccc32)C1=O. The number of carbonyl (C=O) groups excluding carboxylic acids is 2. The highest BCUT2D eigenvalue weighted by Crippen LogP contribution is 2.38. The largest absolute Gasteiger partial charge is 0.481 e. The summed E-state index contributed by atoms with van der Waals surface area (Å²) in [7, 11) is 0. The van der Waals surface area contributed by atoms with E-state index in [0.29, 0.717) is 6.42 Å². The molecule has 1 aliphatic heterocycles. The first kappa shape index (κ1) is 14.6. The van der Waals surface area contributed by atoms with Crippen LogP contribution in [0.4, 0.5) is 4.79 Å². The van der Waals surface area contributed by atoms with Crippen molar-refractivity contribution in [2.24, 2.45) is 0 Å². The van der Waals surface area contributed by atoms with Crippen LogP contribution >= 0.6 is 0 Å². The minimum absolute atomic E-state index is 0.0933. The van der Waals surface area contributed by atoms with E-state index in [4.69, 9.17) is 5.11 Å². The zero-order valence-corrected chi connectivity index (χ0v) is 12.2. The van der Waals surface area contributed by atoms with E-state index in [1.165, 1.54) is 0 Å². The molecule has 1 aliphatic carbocycles. The highest BCUT2D eigenvalue weighted by molar-refractivity contribution is 6.07. The van der Waals surface area contributed by atoms with Crippen molar-refractivity contribution in [3.05, 3.63) is 35.4 Å². The number of aryl methyl sites for hydroxylation is 1. The molecule has 3 rings (SSSR count). The Kier molecular flexibility index (Phi) is 3.60. The fourth-order valence-electron chi connectivity index (χ4n) is 3.38. The first-order valence-corrected chi connectivity index (χ1v) is 7.49. The average molecular weight is 302 g/mol. The Morgan fingerprint density at radius 2 is 2.05 bits per heavy atom. The third-order valence-corrected chi connectivity index (χ3v) is 4.45. The summed E-state index contributed by atoms with van der Waals surface area (Å²) in [5.74, 6) is -1.35. The Balaban J connectivity index is 1.98. The van der Waals surface area contributed by atoms with Crippen molar-refractivity contribution in [1.29, 1.82) is 0 Å². The number of imide groups is 1. The number of benzene rings is 1. The number of aliphatic carboxylic acids is 1. The number of rotatable bonds is 3. The number of carboxylic acids is 1. The molecule has 2 N–H and O–H groups in total. The smallest absolute Gasteiger partial charge is 0.325 e. The summed E-state index contributed by atoms with van der Waals surface area (Å²) in [5, 5.41) is 11.6. The van der Waals surface area contributed by atoms with E-state index >= 15 is 0 Å². The number of hydrogen-bond acceptors (Lipinski definition) is 3. The van der Waals surface area contributed by atoms with Gasteiger partial charge < -0.3 is 10.4 Å². The van der Waals surface area contributed by atoms with E-state index in [-0.39, 0.29) is 18.9 Å². The van der Waals surface area contributed by atoms with Crippen LogP contribution in [0.2, 0.25) is 0 Å². The molecule has 6 nitrogen and oxygen atoms in total. The molecule has 0 radical (unpaired) electrons. The molecular weight excluding hydrogens is 284 g/mol. The van der Waals surface area contributed by atoms with Crippen molar-refractivity contribution in [1.82, 2.24) is 10.2 Å². The van der Waals surface area contributed by atoms with Crippen molar-refractivity contribution in [2.45, 2.75) is 37.6 Å². The van der Waals surface area contributed by atoms with Gasteiger partial charge in [0.25, 0.3) is 5.91 Å². The monoisotopic (exact) mass is 302 g/mol. The molecule has 2 aliphatic rings. The summed E-state index contributed by atoms with van der Waals surface area (Å²) >= 11 is 0. The molecule has 1 atom stereocenters. The van der Waals surface area contributed by atoms with Crippen molar-refractivity contribution in [2.75, 3.05) is 6.54 Å². The Hall–Kier alpha value is -2.37. The molecule has 1 fully saturated rings. The van der Waals surface area contributed by atoms with Gasteiger partial charge in [-0.05, 0) is 36.8 Å². The number of hydrogen-bond donors (Lipinski definition) is 2. The van der Waals surface area contributed by atoms with Crippen molar-refractivity contribution < 1.29 is 19.5 Å². The lowest BCUT2D eigenvalue weighted by atomic mass is 9.84. The second-order valence-corrected chi connectivity index (χ2v) is 5.80. The maximum absolute atomic E-state index is 12.9. The Bertz CT molecular complexity index is 643. The predicted octanol–water partition coefficient (Wildman–Crippen LogP) is 1.63. The van der Waals surface area contributed by atoms with Gasteiger partial charge in [0, 0.05) is 6.54 Å². The number of fused-ring (bicyclic) bond motifs is 2. The van der Waals surface area contributed by atoms with E-state index in [0.717, 1.165) is 35.3 Å². The van der Waals surface area contributed by atoms with E-state index < -0.39 is 17.5 Å². The second kappa shape index (κ2) is 5.44. The van der Waals surface area contributed by atoms with E-state index in [1.54, 1.807) is 0 Å².